The second-order valence-electron chi connectivity index (χ2n) is 6.11. The van der Waals surface area contributed by atoms with E-state index in [0.29, 0.717) is 11.1 Å². The van der Waals surface area contributed by atoms with Gasteiger partial charge in [-0.25, -0.2) is 13.2 Å². The Morgan fingerprint density at radius 3 is 2.19 bits per heavy atom. The molecule has 0 heterocycles. The van der Waals surface area contributed by atoms with Crippen LogP contribution in [0.5, 0.6) is 0 Å². The van der Waals surface area contributed by atoms with Gasteiger partial charge >= 0.3 is 0 Å². The molecule has 26 heavy (non-hydrogen) atoms. The normalized spacial score (nSPS) is 11.2. The number of benzene rings is 2. The maximum atomic E-state index is 13.7. The third-order valence-corrected chi connectivity index (χ3v) is 4.04. The van der Waals surface area contributed by atoms with Crippen LogP contribution in [0.25, 0.3) is 0 Å². The molecular formula is C18H16ClF3N2O2. The predicted octanol–water partition coefficient (Wildman–Crippen LogP) is 4.04. The summed E-state index contributed by atoms with van der Waals surface area (Å²) in [4.78, 5) is 24.6. The van der Waals surface area contributed by atoms with Crippen molar-refractivity contribution in [2.24, 2.45) is 5.41 Å². The highest BCUT2D eigenvalue weighted by molar-refractivity contribution is 6.30. The highest BCUT2D eigenvalue weighted by Gasteiger charge is 2.36. The topological polar surface area (TPSA) is 58.2 Å². The molecule has 0 saturated heterocycles. The lowest BCUT2D eigenvalue weighted by Crippen LogP contribution is -2.45. The summed E-state index contributed by atoms with van der Waals surface area (Å²) in [6.45, 7) is 2.82. The summed E-state index contributed by atoms with van der Waals surface area (Å²) in [7, 11) is 0. The van der Waals surface area contributed by atoms with Crippen molar-refractivity contribution >= 4 is 29.1 Å². The Morgan fingerprint density at radius 2 is 1.58 bits per heavy atom. The minimum atomic E-state index is -1.70. The summed E-state index contributed by atoms with van der Waals surface area (Å²) in [6, 6.07) is 8.31. The number of nitrogens with one attached hydrogen (secondary N) is 2. The molecule has 0 aliphatic carbocycles. The lowest BCUT2D eigenvalue weighted by molar-refractivity contribution is -0.138. The van der Waals surface area contributed by atoms with Gasteiger partial charge in [-0.3, -0.25) is 9.59 Å². The van der Waals surface area contributed by atoms with E-state index in [0.717, 1.165) is 11.6 Å². The smallest absolute Gasteiger partial charge is 0.239 e. The molecule has 0 unspecified atom stereocenters. The van der Waals surface area contributed by atoms with Gasteiger partial charge in [-0.05, 0) is 43.7 Å². The molecule has 0 atom stereocenters. The summed E-state index contributed by atoms with van der Waals surface area (Å²) in [5, 5.41) is 5.25. The Morgan fingerprint density at radius 1 is 0.962 bits per heavy atom. The summed E-state index contributed by atoms with van der Waals surface area (Å²) in [5.41, 5.74) is -1.36. The van der Waals surface area contributed by atoms with Gasteiger partial charge in [0, 0.05) is 11.6 Å². The highest BCUT2D eigenvalue weighted by Crippen LogP contribution is 2.23. The Balaban J connectivity index is 2.05. The lowest BCUT2D eigenvalue weighted by Gasteiger charge is -2.23. The predicted molar refractivity (Wildman–Crippen MR) is 92.0 cm³/mol. The second-order valence-corrected chi connectivity index (χ2v) is 6.55. The lowest BCUT2D eigenvalue weighted by atomic mass is 9.90. The van der Waals surface area contributed by atoms with E-state index in [2.05, 4.69) is 10.6 Å². The maximum absolute atomic E-state index is 13.7. The zero-order valence-electron chi connectivity index (χ0n) is 14.0. The van der Waals surface area contributed by atoms with E-state index in [1.807, 2.05) is 0 Å². The number of rotatable bonds is 5. The first-order valence-electron chi connectivity index (χ1n) is 7.60. The van der Waals surface area contributed by atoms with Crippen molar-refractivity contribution in [3.8, 4) is 0 Å². The molecule has 2 amide bonds. The van der Waals surface area contributed by atoms with Crippen molar-refractivity contribution in [1.82, 2.24) is 5.32 Å². The molecule has 4 nitrogen and oxygen atoms in total. The van der Waals surface area contributed by atoms with Crippen LogP contribution < -0.4 is 10.6 Å². The molecule has 2 N–H and O–H groups in total. The van der Waals surface area contributed by atoms with E-state index in [-0.39, 0.29) is 6.54 Å². The van der Waals surface area contributed by atoms with Crippen LogP contribution in [-0.2, 0) is 16.1 Å². The van der Waals surface area contributed by atoms with Crippen LogP contribution in [0.15, 0.2) is 36.4 Å². The van der Waals surface area contributed by atoms with Gasteiger partial charge in [0.05, 0.1) is 5.69 Å². The van der Waals surface area contributed by atoms with Gasteiger partial charge in [0.15, 0.2) is 17.5 Å². The number of hydrogen-bond donors (Lipinski definition) is 2. The second kappa shape index (κ2) is 7.78. The molecule has 0 aliphatic heterocycles. The van der Waals surface area contributed by atoms with Crippen LogP contribution in [0.2, 0.25) is 5.02 Å². The highest BCUT2D eigenvalue weighted by atomic mass is 35.5. The third-order valence-electron chi connectivity index (χ3n) is 3.79. The van der Waals surface area contributed by atoms with Crippen molar-refractivity contribution < 1.29 is 22.8 Å². The van der Waals surface area contributed by atoms with Crippen molar-refractivity contribution in [2.45, 2.75) is 20.4 Å². The first-order valence-corrected chi connectivity index (χ1v) is 7.98. The fourth-order valence-corrected chi connectivity index (χ4v) is 2.14. The first-order chi connectivity index (χ1) is 12.1. The summed E-state index contributed by atoms with van der Waals surface area (Å²) in [6.07, 6.45) is 0. The van der Waals surface area contributed by atoms with E-state index in [1.54, 1.807) is 24.3 Å². The molecule has 2 aromatic rings. The molecule has 138 valence electrons. The van der Waals surface area contributed by atoms with Crippen LogP contribution in [0.3, 0.4) is 0 Å². The average molecular weight is 385 g/mol. The Labute approximate surface area is 153 Å². The molecule has 8 heteroatoms. The fourth-order valence-electron chi connectivity index (χ4n) is 2.01. The summed E-state index contributed by atoms with van der Waals surface area (Å²) >= 11 is 5.78. The van der Waals surface area contributed by atoms with E-state index >= 15 is 0 Å². The van der Waals surface area contributed by atoms with E-state index in [9.17, 15) is 22.8 Å². The number of anilines is 1. The van der Waals surface area contributed by atoms with Crippen molar-refractivity contribution in [1.29, 1.82) is 0 Å². The van der Waals surface area contributed by atoms with Gasteiger partial charge in [-0.1, -0.05) is 23.7 Å². The minimum Gasteiger partial charge on any atom is -0.351 e. The van der Waals surface area contributed by atoms with Crippen molar-refractivity contribution in [3.63, 3.8) is 0 Å². The zero-order chi connectivity index (χ0) is 19.5. The number of hydrogen-bond acceptors (Lipinski definition) is 2. The fraction of sp³-hybridized carbons (Fsp3) is 0.222. The number of amides is 2. The zero-order valence-corrected chi connectivity index (χ0v) is 14.8. The summed E-state index contributed by atoms with van der Waals surface area (Å²) < 4.78 is 39.9. The van der Waals surface area contributed by atoms with Crippen molar-refractivity contribution in [3.05, 3.63) is 64.4 Å². The molecule has 0 fully saturated rings. The number of carbonyl (C=O) groups excluding carboxylic acids is 2. The maximum Gasteiger partial charge on any atom is 0.239 e. The molecule has 0 radical (unpaired) electrons. The molecule has 0 bridgehead atoms. The van der Waals surface area contributed by atoms with Gasteiger partial charge in [0.1, 0.15) is 5.41 Å². The minimum absolute atomic E-state index is 0.159. The van der Waals surface area contributed by atoms with E-state index < -0.39 is 40.4 Å². The Hall–Kier alpha value is -2.54. The van der Waals surface area contributed by atoms with Crippen LogP contribution >= 0.6 is 11.6 Å². The summed E-state index contributed by atoms with van der Waals surface area (Å²) in [5.74, 6) is -6.09. The van der Waals surface area contributed by atoms with Crippen LogP contribution in [-0.4, -0.2) is 11.8 Å². The monoisotopic (exact) mass is 384 g/mol. The first kappa shape index (κ1) is 19.8. The molecular weight excluding hydrogens is 369 g/mol. The van der Waals surface area contributed by atoms with Crippen LogP contribution in [0, 0.1) is 22.9 Å². The molecule has 0 aromatic heterocycles. The molecule has 0 saturated carbocycles. The number of carbonyl (C=O) groups is 2. The van der Waals surface area contributed by atoms with E-state index in [1.165, 1.54) is 13.8 Å². The van der Waals surface area contributed by atoms with Gasteiger partial charge in [-0.2, -0.15) is 0 Å². The van der Waals surface area contributed by atoms with E-state index in [4.69, 9.17) is 11.6 Å². The molecule has 0 spiro atoms. The van der Waals surface area contributed by atoms with Gasteiger partial charge in [0.2, 0.25) is 11.8 Å². The molecule has 2 aromatic carbocycles. The van der Waals surface area contributed by atoms with Crippen LogP contribution in [0.1, 0.15) is 19.4 Å². The third kappa shape index (κ3) is 4.35. The van der Waals surface area contributed by atoms with Crippen molar-refractivity contribution in [2.75, 3.05) is 5.32 Å². The number of halogens is 4. The molecule has 0 aliphatic rings. The molecule has 2 rings (SSSR count). The quantitative estimate of drug-likeness (QED) is 0.604. The van der Waals surface area contributed by atoms with Gasteiger partial charge in [0.25, 0.3) is 0 Å². The largest absolute Gasteiger partial charge is 0.351 e. The van der Waals surface area contributed by atoms with Gasteiger partial charge in [-0.15, -0.1) is 0 Å². The van der Waals surface area contributed by atoms with Gasteiger partial charge < -0.3 is 10.6 Å². The SMILES string of the molecule is CC(C)(C(=O)NCc1ccc(Cl)cc1)C(=O)Nc1ccc(F)c(F)c1F. The average Bonchev–Trinajstić information content (AvgIpc) is 2.61. The van der Waals surface area contributed by atoms with Crippen LogP contribution in [0.4, 0.5) is 18.9 Å². The Bertz CT molecular complexity index is 839. The Kier molecular flexibility index (Phi) is 5.92. The standard InChI is InChI=1S/C18H16ClF3N2O2/c1-18(2,16(25)23-9-10-3-5-11(19)6-4-10)17(26)24-13-8-7-12(20)14(21)15(13)22/h3-8H,9H2,1-2H3,(H,23,25)(H,24,26).